The van der Waals surface area contributed by atoms with Gasteiger partial charge in [0.2, 0.25) is 5.95 Å². The van der Waals surface area contributed by atoms with Gasteiger partial charge in [0.05, 0.1) is 30.9 Å². The standard InChI is InChI=1S/C23H24F3N7O3/c1-23(36)12-32(13-23)20(34)19-17(26)11-27-21(29-19)30-4-6-31(7-5-30)22(35)33-18(2-3-28-33)14-8-15(24)10-16(25)9-14/h3,8-11,18,36H,2,4-7,12-13H2,1H3. The molecule has 1 atom stereocenters. The van der Waals surface area contributed by atoms with Crippen LogP contribution in [0.5, 0.6) is 0 Å². The first-order valence-electron chi connectivity index (χ1n) is 11.5. The normalized spacial score (nSPS) is 21.1. The van der Waals surface area contributed by atoms with Crippen molar-refractivity contribution in [2.45, 2.75) is 25.0 Å². The third-order valence-electron chi connectivity index (χ3n) is 6.41. The Morgan fingerprint density at radius 1 is 1.03 bits per heavy atom. The molecule has 0 bridgehead atoms. The molecule has 13 heteroatoms. The summed E-state index contributed by atoms with van der Waals surface area (Å²) in [6, 6.07) is 2.13. The van der Waals surface area contributed by atoms with E-state index in [9.17, 15) is 27.9 Å². The summed E-state index contributed by atoms with van der Waals surface area (Å²) in [6.07, 6.45) is 2.80. The second-order valence-electron chi connectivity index (χ2n) is 9.38. The molecule has 1 aromatic carbocycles. The molecule has 2 aromatic rings. The van der Waals surface area contributed by atoms with Gasteiger partial charge in [0.25, 0.3) is 5.91 Å². The van der Waals surface area contributed by atoms with Crippen molar-refractivity contribution in [3.63, 3.8) is 0 Å². The fraction of sp³-hybridized carbons (Fsp3) is 0.435. The summed E-state index contributed by atoms with van der Waals surface area (Å²) in [5.74, 6) is -2.77. The zero-order valence-electron chi connectivity index (χ0n) is 19.4. The fourth-order valence-electron chi connectivity index (χ4n) is 4.62. The van der Waals surface area contributed by atoms with Gasteiger partial charge in [0.15, 0.2) is 11.5 Å². The number of likely N-dealkylation sites (tertiary alicyclic amines) is 1. The Morgan fingerprint density at radius 3 is 2.33 bits per heavy atom. The Balaban J connectivity index is 1.24. The van der Waals surface area contributed by atoms with E-state index in [2.05, 4.69) is 15.1 Å². The Bertz CT molecular complexity index is 1210. The Morgan fingerprint density at radius 2 is 1.69 bits per heavy atom. The number of carbonyl (C=O) groups is 2. The van der Waals surface area contributed by atoms with E-state index < -0.39 is 41.0 Å². The smallest absolute Gasteiger partial charge is 0.341 e. The quantitative estimate of drug-likeness (QED) is 0.685. The number of piperazine rings is 1. The van der Waals surface area contributed by atoms with Crippen LogP contribution in [0.15, 0.2) is 29.5 Å². The minimum atomic E-state index is -0.994. The number of aromatic nitrogens is 2. The number of β-amino-alcohol motifs (C(OH)–C–C–N with tert-alkyl or cyclic N) is 1. The minimum absolute atomic E-state index is 0.0909. The molecule has 5 rings (SSSR count). The molecule has 2 saturated heterocycles. The zero-order valence-corrected chi connectivity index (χ0v) is 19.4. The maximum absolute atomic E-state index is 14.3. The van der Waals surface area contributed by atoms with Crippen molar-refractivity contribution < 1.29 is 27.9 Å². The van der Waals surface area contributed by atoms with E-state index in [1.165, 1.54) is 28.3 Å². The lowest BCUT2D eigenvalue weighted by molar-refractivity contribution is -0.0672. The van der Waals surface area contributed by atoms with Gasteiger partial charge in [-0.2, -0.15) is 5.10 Å². The molecule has 0 radical (unpaired) electrons. The van der Waals surface area contributed by atoms with Crippen LogP contribution in [0.4, 0.5) is 23.9 Å². The third kappa shape index (κ3) is 4.57. The Hall–Kier alpha value is -3.74. The summed E-state index contributed by atoms with van der Waals surface area (Å²) in [6.45, 7) is 2.95. The van der Waals surface area contributed by atoms with Crippen molar-refractivity contribution in [3.05, 3.63) is 53.1 Å². The van der Waals surface area contributed by atoms with Gasteiger partial charge in [-0.3, -0.25) is 4.79 Å². The molecule has 0 spiro atoms. The van der Waals surface area contributed by atoms with Crippen LogP contribution in [0, 0.1) is 17.5 Å². The van der Waals surface area contributed by atoms with Gasteiger partial charge >= 0.3 is 6.03 Å². The van der Waals surface area contributed by atoms with Gasteiger partial charge in [-0.25, -0.2) is 32.9 Å². The van der Waals surface area contributed by atoms with Crippen molar-refractivity contribution in [2.75, 3.05) is 44.2 Å². The molecule has 2 fully saturated rings. The molecule has 1 aromatic heterocycles. The van der Waals surface area contributed by atoms with E-state index in [0.717, 1.165) is 12.3 Å². The van der Waals surface area contributed by atoms with E-state index >= 15 is 0 Å². The minimum Gasteiger partial charge on any atom is -0.386 e. The summed E-state index contributed by atoms with van der Waals surface area (Å²) in [7, 11) is 0. The molecule has 4 heterocycles. The molecule has 3 aliphatic rings. The van der Waals surface area contributed by atoms with Crippen molar-refractivity contribution >= 4 is 24.1 Å². The lowest BCUT2D eigenvalue weighted by atomic mass is 9.96. The van der Waals surface area contributed by atoms with E-state index in [1.54, 1.807) is 16.7 Å². The fourth-order valence-corrected chi connectivity index (χ4v) is 4.62. The number of halogens is 3. The highest BCUT2D eigenvalue weighted by Gasteiger charge is 2.41. The molecule has 1 N–H and O–H groups in total. The van der Waals surface area contributed by atoms with Gasteiger partial charge < -0.3 is 19.8 Å². The highest BCUT2D eigenvalue weighted by atomic mass is 19.1. The van der Waals surface area contributed by atoms with Gasteiger partial charge in [-0.1, -0.05) is 0 Å². The van der Waals surface area contributed by atoms with Crippen LogP contribution in [-0.4, -0.2) is 92.9 Å². The number of carbonyl (C=O) groups excluding carboxylic acids is 2. The van der Waals surface area contributed by atoms with Crippen LogP contribution < -0.4 is 4.90 Å². The number of hydrazone groups is 1. The number of urea groups is 1. The molecule has 1 unspecified atom stereocenters. The lowest BCUT2D eigenvalue weighted by Gasteiger charge is -2.43. The summed E-state index contributed by atoms with van der Waals surface area (Å²) in [5, 5.41) is 15.2. The molecule has 0 aliphatic carbocycles. The second-order valence-corrected chi connectivity index (χ2v) is 9.38. The average Bonchev–Trinajstić information content (AvgIpc) is 3.31. The van der Waals surface area contributed by atoms with E-state index in [4.69, 9.17) is 0 Å². The highest BCUT2D eigenvalue weighted by molar-refractivity contribution is 5.93. The van der Waals surface area contributed by atoms with Crippen LogP contribution in [0.2, 0.25) is 0 Å². The van der Waals surface area contributed by atoms with Crippen LogP contribution >= 0.6 is 0 Å². The maximum atomic E-state index is 14.3. The summed E-state index contributed by atoms with van der Waals surface area (Å²) >= 11 is 0. The molecule has 36 heavy (non-hydrogen) atoms. The van der Waals surface area contributed by atoms with Crippen molar-refractivity contribution in [3.8, 4) is 0 Å². The van der Waals surface area contributed by atoms with Gasteiger partial charge in [-0.05, 0) is 24.6 Å². The van der Waals surface area contributed by atoms with Crippen molar-refractivity contribution in [1.29, 1.82) is 0 Å². The number of aliphatic hydroxyl groups is 1. The molecule has 10 nitrogen and oxygen atoms in total. The van der Waals surface area contributed by atoms with Gasteiger partial charge in [0.1, 0.15) is 11.6 Å². The topological polar surface area (TPSA) is 105 Å². The van der Waals surface area contributed by atoms with Crippen LogP contribution in [0.25, 0.3) is 0 Å². The number of benzene rings is 1. The molecular formula is C23H24F3N7O3. The number of nitrogens with zero attached hydrogens (tertiary/aromatic N) is 7. The molecule has 0 saturated carbocycles. The highest BCUT2D eigenvalue weighted by Crippen LogP contribution is 2.30. The number of hydrogen-bond acceptors (Lipinski definition) is 7. The van der Waals surface area contributed by atoms with E-state index in [1.807, 2.05) is 0 Å². The van der Waals surface area contributed by atoms with E-state index in [0.29, 0.717) is 25.1 Å². The summed E-state index contributed by atoms with van der Waals surface area (Å²) in [5.41, 5.74) is -1.05. The first-order valence-corrected chi connectivity index (χ1v) is 11.5. The number of amides is 3. The summed E-state index contributed by atoms with van der Waals surface area (Å²) < 4.78 is 41.7. The van der Waals surface area contributed by atoms with Crippen molar-refractivity contribution in [1.82, 2.24) is 24.8 Å². The predicted octanol–water partition coefficient (Wildman–Crippen LogP) is 1.78. The first-order chi connectivity index (χ1) is 17.1. The van der Waals surface area contributed by atoms with E-state index in [-0.39, 0.29) is 37.8 Å². The lowest BCUT2D eigenvalue weighted by Crippen LogP contribution is -2.61. The molecule has 190 valence electrons. The molecular weight excluding hydrogens is 479 g/mol. The van der Waals surface area contributed by atoms with Crippen LogP contribution in [-0.2, 0) is 0 Å². The number of hydrogen-bond donors (Lipinski definition) is 1. The average molecular weight is 503 g/mol. The van der Waals surface area contributed by atoms with Gasteiger partial charge in [0, 0.05) is 44.9 Å². The Labute approximate surface area is 204 Å². The van der Waals surface area contributed by atoms with Gasteiger partial charge in [-0.15, -0.1) is 0 Å². The first kappa shape index (κ1) is 24.0. The molecule has 3 amide bonds. The molecule has 3 aliphatic heterocycles. The monoisotopic (exact) mass is 503 g/mol. The zero-order chi connectivity index (χ0) is 25.6. The van der Waals surface area contributed by atoms with Crippen LogP contribution in [0.3, 0.4) is 0 Å². The summed E-state index contributed by atoms with van der Waals surface area (Å²) in [4.78, 5) is 38.5. The Kier molecular flexibility index (Phi) is 6.02. The largest absolute Gasteiger partial charge is 0.386 e. The third-order valence-corrected chi connectivity index (χ3v) is 6.41. The van der Waals surface area contributed by atoms with Crippen molar-refractivity contribution in [2.24, 2.45) is 5.10 Å². The second kappa shape index (κ2) is 9.04. The predicted molar refractivity (Wildman–Crippen MR) is 122 cm³/mol. The number of rotatable bonds is 3. The van der Waals surface area contributed by atoms with Crippen LogP contribution in [0.1, 0.15) is 35.4 Å². The number of anilines is 1. The SMILES string of the molecule is CC1(O)CN(C(=O)c2nc(N3CCN(C(=O)N4N=CCC4c4cc(F)cc(F)c4)CC3)ncc2F)C1. The maximum Gasteiger partial charge on any atom is 0.341 e.